The highest BCUT2D eigenvalue weighted by molar-refractivity contribution is 7.10. The van der Waals surface area contributed by atoms with Gasteiger partial charge in [0.2, 0.25) is 0 Å². The van der Waals surface area contributed by atoms with Crippen molar-refractivity contribution in [3.63, 3.8) is 0 Å². The van der Waals surface area contributed by atoms with Crippen molar-refractivity contribution in [2.75, 3.05) is 32.8 Å². The van der Waals surface area contributed by atoms with Gasteiger partial charge in [-0.3, -0.25) is 4.90 Å². The topological polar surface area (TPSA) is 37.6 Å². The maximum absolute atomic E-state index is 5.89. The fourth-order valence-electron chi connectivity index (χ4n) is 2.84. The lowest BCUT2D eigenvalue weighted by atomic mass is 10.1. The molecule has 5 heteroatoms. The van der Waals surface area contributed by atoms with Crippen LogP contribution in [-0.4, -0.2) is 37.7 Å². The molecule has 1 unspecified atom stereocenters. The number of hydrogen-bond donors (Lipinski definition) is 1. The highest BCUT2D eigenvalue weighted by Crippen LogP contribution is 2.24. The molecular formula is C17H24N2O2S. The average Bonchev–Trinajstić information content (AvgIpc) is 3.13. The van der Waals surface area contributed by atoms with Gasteiger partial charge in [-0.1, -0.05) is 0 Å². The molecule has 120 valence electrons. The van der Waals surface area contributed by atoms with Gasteiger partial charge >= 0.3 is 0 Å². The molecular weight excluding hydrogens is 296 g/mol. The van der Waals surface area contributed by atoms with Gasteiger partial charge in [-0.2, -0.15) is 0 Å². The van der Waals surface area contributed by atoms with E-state index in [0.29, 0.717) is 0 Å². The molecule has 22 heavy (non-hydrogen) atoms. The van der Waals surface area contributed by atoms with Gasteiger partial charge in [0.05, 0.1) is 19.3 Å². The first-order valence-electron chi connectivity index (χ1n) is 7.86. The van der Waals surface area contributed by atoms with E-state index in [9.17, 15) is 0 Å². The zero-order chi connectivity index (χ0) is 15.4. The first-order chi connectivity index (χ1) is 10.7. The molecule has 0 saturated carbocycles. The quantitative estimate of drug-likeness (QED) is 0.887. The van der Waals surface area contributed by atoms with Gasteiger partial charge in [0.25, 0.3) is 0 Å². The normalized spacial score (nSPS) is 17.7. The molecule has 0 radical (unpaired) electrons. The molecule has 1 aliphatic rings. The van der Waals surface area contributed by atoms with Crippen LogP contribution in [0.15, 0.2) is 28.0 Å². The van der Waals surface area contributed by atoms with Crippen LogP contribution in [0.1, 0.15) is 28.0 Å². The van der Waals surface area contributed by atoms with Gasteiger partial charge < -0.3 is 14.5 Å². The summed E-state index contributed by atoms with van der Waals surface area (Å²) < 4.78 is 11.4. The van der Waals surface area contributed by atoms with Gasteiger partial charge in [0, 0.05) is 31.1 Å². The largest absolute Gasteiger partial charge is 0.465 e. The fourth-order valence-corrected chi connectivity index (χ4v) is 3.71. The number of hydrogen-bond acceptors (Lipinski definition) is 5. The van der Waals surface area contributed by atoms with Crippen molar-refractivity contribution in [2.24, 2.45) is 0 Å². The predicted molar refractivity (Wildman–Crippen MR) is 89.3 cm³/mol. The van der Waals surface area contributed by atoms with Gasteiger partial charge in [-0.25, -0.2) is 0 Å². The van der Waals surface area contributed by atoms with Gasteiger partial charge in [-0.15, -0.1) is 11.3 Å². The van der Waals surface area contributed by atoms with Crippen molar-refractivity contribution >= 4 is 11.3 Å². The molecule has 0 aromatic carbocycles. The molecule has 0 amide bonds. The zero-order valence-electron chi connectivity index (χ0n) is 13.3. The fraction of sp³-hybridized carbons (Fsp3) is 0.529. The lowest BCUT2D eigenvalue weighted by molar-refractivity contribution is 0.0115. The van der Waals surface area contributed by atoms with Crippen LogP contribution in [0.25, 0.3) is 0 Å². The van der Waals surface area contributed by atoms with Gasteiger partial charge in [0.15, 0.2) is 0 Å². The summed E-state index contributed by atoms with van der Waals surface area (Å²) in [5.74, 6) is 2.03. The second-order valence-electron chi connectivity index (χ2n) is 5.77. The van der Waals surface area contributed by atoms with E-state index < -0.39 is 0 Å². The lowest BCUT2D eigenvalue weighted by Gasteiger charge is -2.33. The minimum atomic E-state index is 0.276. The number of nitrogens with zero attached hydrogens (tertiary/aromatic N) is 1. The van der Waals surface area contributed by atoms with Crippen molar-refractivity contribution in [3.05, 3.63) is 45.5 Å². The number of thiophene rings is 1. The third kappa shape index (κ3) is 3.79. The summed E-state index contributed by atoms with van der Waals surface area (Å²) in [7, 11) is 0. The summed E-state index contributed by atoms with van der Waals surface area (Å²) >= 11 is 1.82. The summed E-state index contributed by atoms with van der Waals surface area (Å²) in [6, 6.07) is 6.61. The number of rotatable bonds is 6. The maximum Gasteiger partial charge on any atom is 0.122 e. The van der Waals surface area contributed by atoms with E-state index in [1.54, 1.807) is 0 Å². The Morgan fingerprint density at radius 2 is 2.05 bits per heavy atom. The third-order valence-electron chi connectivity index (χ3n) is 4.17. The summed E-state index contributed by atoms with van der Waals surface area (Å²) in [5.41, 5.74) is 1.37. The summed E-state index contributed by atoms with van der Waals surface area (Å²) in [4.78, 5) is 3.87. The van der Waals surface area contributed by atoms with E-state index in [4.69, 9.17) is 9.15 Å². The van der Waals surface area contributed by atoms with Crippen molar-refractivity contribution in [3.8, 4) is 0 Å². The van der Waals surface area contributed by atoms with E-state index in [1.165, 1.54) is 10.4 Å². The van der Waals surface area contributed by atoms with Crippen molar-refractivity contribution in [2.45, 2.75) is 26.4 Å². The Morgan fingerprint density at radius 3 is 2.68 bits per heavy atom. The van der Waals surface area contributed by atoms with Crippen LogP contribution in [0.3, 0.4) is 0 Å². The van der Waals surface area contributed by atoms with Crippen molar-refractivity contribution in [1.29, 1.82) is 0 Å². The second kappa shape index (κ2) is 7.42. The van der Waals surface area contributed by atoms with Crippen LogP contribution >= 0.6 is 11.3 Å². The molecule has 3 rings (SSSR count). The molecule has 1 fully saturated rings. The smallest absolute Gasteiger partial charge is 0.122 e. The Labute approximate surface area is 136 Å². The Kier molecular flexibility index (Phi) is 5.31. The molecule has 1 N–H and O–H groups in total. The highest BCUT2D eigenvalue weighted by Gasteiger charge is 2.24. The predicted octanol–water partition coefficient (Wildman–Crippen LogP) is 3.12. The first-order valence-corrected chi connectivity index (χ1v) is 8.74. The van der Waals surface area contributed by atoms with Crippen LogP contribution in [0, 0.1) is 13.8 Å². The van der Waals surface area contributed by atoms with Crippen molar-refractivity contribution in [1.82, 2.24) is 10.2 Å². The molecule has 0 aliphatic carbocycles. The summed E-state index contributed by atoms with van der Waals surface area (Å²) in [6.07, 6.45) is 0. The average molecular weight is 320 g/mol. The second-order valence-corrected chi connectivity index (χ2v) is 6.77. The molecule has 2 aromatic heterocycles. The monoisotopic (exact) mass is 320 g/mol. The number of aryl methyl sites for hydroxylation is 2. The van der Waals surface area contributed by atoms with Gasteiger partial charge in [0.1, 0.15) is 11.5 Å². The van der Waals surface area contributed by atoms with Crippen LogP contribution in [0.4, 0.5) is 0 Å². The Hall–Kier alpha value is -1.14. The van der Waals surface area contributed by atoms with E-state index in [2.05, 4.69) is 34.7 Å². The molecule has 0 spiro atoms. The van der Waals surface area contributed by atoms with Crippen LogP contribution in [0.5, 0.6) is 0 Å². The molecule has 3 heterocycles. The van der Waals surface area contributed by atoms with Crippen molar-refractivity contribution < 1.29 is 9.15 Å². The van der Waals surface area contributed by atoms with E-state index in [1.807, 2.05) is 24.3 Å². The van der Waals surface area contributed by atoms with E-state index >= 15 is 0 Å². The van der Waals surface area contributed by atoms with Crippen LogP contribution in [-0.2, 0) is 11.3 Å². The SMILES string of the molecule is Cc1ccc(C(CNCc2sccc2C)N2CCOCC2)o1. The summed E-state index contributed by atoms with van der Waals surface area (Å²) in [6.45, 7) is 9.52. The third-order valence-corrected chi connectivity index (χ3v) is 5.19. The Bertz CT molecular complexity index is 587. The van der Waals surface area contributed by atoms with Crippen LogP contribution < -0.4 is 5.32 Å². The molecule has 4 nitrogen and oxygen atoms in total. The molecule has 2 aromatic rings. The van der Waals surface area contributed by atoms with E-state index in [0.717, 1.165) is 50.9 Å². The molecule has 1 saturated heterocycles. The number of ether oxygens (including phenoxy) is 1. The first kappa shape index (κ1) is 15.7. The number of morpholine rings is 1. The molecule has 1 aliphatic heterocycles. The Morgan fingerprint density at radius 1 is 1.23 bits per heavy atom. The molecule has 0 bridgehead atoms. The zero-order valence-corrected chi connectivity index (χ0v) is 14.1. The lowest BCUT2D eigenvalue weighted by Crippen LogP contribution is -2.42. The number of furan rings is 1. The van der Waals surface area contributed by atoms with Crippen LogP contribution in [0.2, 0.25) is 0 Å². The molecule has 1 atom stereocenters. The minimum absolute atomic E-state index is 0.276. The number of nitrogens with one attached hydrogen (secondary N) is 1. The minimum Gasteiger partial charge on any atom is -0.465 e. The summed E-state index contributed by atoms with van der Waals surface area (Å²) in [5, 5.41) is 5.76. The standard InChI is InChI=1S/C17H24N2O2S/c1-13-5-10-22-17(13)12-18-11-15(16-4-3-14(2)21-16)19-6-8-20-9-7-19/h3-5,10,15,18H,6-9,11-12H2,1-2H3. The maximum atomic E-state index is 5.89. The Balaban J connectivity index is 1.64. The highest BCUT2D eigenvalue weighted by atomic mass is 32.1. The van der Waals surface area contributed by atoms with E-state index in [-0.39, 0.29) is 6.04 Å². The van der Waals surface area contributed by atoms with Gasteiger partial charge in [-0.05, 0) is 43.0 Å².